The highest BCUT2D eigenvalue weighted by molar-refractivity contribution is 5.75. The molecule has 1 atom stereocenters. The van der Waals surface area contributed by atoms with Crippen molar-refractivity contribution in [3.05, 3.63) is 65.9 Å². The SMILES string of the molecule is CC(C)c1nc(C2CCCN2C(=O)NCc2cccc(-c3ccccn3)c2)no1. The molecular formula is C22H25N5O2. The Bertz CT molecular complexity index is 970. The quantitative estimate of drug-likeness (QED) is 0.701. The normalized spacial score (nSPS) is 16.4. The Morgan fingerprint density at radius 3 is 2.93 bits per heavy atom. The molecule has 0 aliphatic carbocycles. The van der Waals surface area contributed by atoms with E-state index < -0.39 is 0 Å². The van der Waals surface area contributed by atoms with Crippen LogP contribution in [0.25, 0.3) is 11.3 Å². The predicted molar refractivity (Wildman–Crippen MR) is 109 cm³/mol. The summed E-state index contributed by atoms with van der Waals surface area (Å²) in [6.07, 6.45) is 3.55. The fourth-order valence-electron chi connectivity index (χ4n) is 3.55. The third-order valence-electron chi connectivity index (χ3n) is 5.09. The van der Waals surface area contributed by atoms with Gasteiger partial charge in [0.15, 0.2) is 5.82 Å². The number of hydrogen-bond donors (Lipinski definition) is 1. The molecule has 7 heteroatoms. The van der Waals surface area contributed by atoms with Crippen LogP contribution in [0.15, 0.2) is 53.2 Å². The van der Waals surface area contributed by atoms with Crippen molar-refractivity contribution in [2.45, 2.75) is 45.2 Å². The van der Waals surface area contributed by atoms with Gasteiger partial charge in [0.25, 0.3) is 0 Å². The van der Waals surface area contributed by atoms with Crippen molar-refractivity contribution >= 4 is 6.03 Å². The number of likely N-dealkylation sites (tertiary alicyclic amines) is 1. The van der Waals surface area contributed by atoms with Crippen LogP contribution in [0.1, 0.15) is 55.9 Å². The molecule has 3 heterocycles. The number of nitrogens with one attached hydrogen (secondary N) is 1. The Morgan fingerprint density at radius 1 is 1.28 bits per heavy atom. The van der Waals surface area contributed by atoms with Crippen LogP contribution in [-0.2, 0) is 6.54 Å². The van der Waals surface area contributed by atoms with E-state index in [1.807, 2.05) is 50.2 Å². The van der Waals surface area contributed by atoms with Gasteiger partial charge < -0.3 is 14.7 Å². The van der Waals surface area contributed by atoms with Gasteiger partial charge in [0.05, 0.1) is 11.7 Å². The van der Waals surface area contributed by atoms with Gasteiger partial charge in [-0.25, -0.2) is 4.79 Å². The fourth-order valence-corrected chi connectivity index (χ4v) is 3.55. The maximum absolute atomic E-state index is 12.8. The Morgan fingerprint density at radius 2 is 2.17 bits per heavy atom. The molecule has 3 aromatic rings. The molecular weight excluding hydrogens is 366 g/mol. The van der Waals surface area contributed by atoms with Crippen molar-refractivity contribution in [2.24, 2.45) is 0 Å². The lowest BCUT2D eigenvalue weighted by atomic mass is 10.1. The molecule has 1 unspecified atom stereocenters. The van der Waals surface area contributed by atoms with Gasteiger partial charge in [-0.05, 0) is 36.6 Å². The van der Waals surface area contributed by atoms with Crippen molar-refractivity contribution in [3.63, 3.8) is 0 Å². The van der Waals surface area contributed by atoms with Gasteiger partial charge >= 0.3 is 6.03 Å². The van der Waals surface area contributed by atoms with Gasteiger partial charge in [0.1, 0.15) is 0 Å². The van der Waals surface area contributed by atoms with E-state index >= 15 is 0 Å². The number of benzene rings is 1. The van der Waals surface area contributed by atoms with Crippen LogP contribution in [-0.4, -0.2) is 32.6 Å². The molecule has 2 amide bonds. The van der Waals surface area contributed by atoms with E-state index in [9.17, 15) is 4.79 Å². The summed E-state index contributed by atoms with van der Waals surface area (Å²) in [5, 5.41) is 7.13. The van der Waals surface area contributed by atoms with E-state index in [-0.39, 0.29) is 18.0 Å². The molecule has 2 aromatic heterocycles. The second-order valence-corrected chi connectivity index (χ2v) is 7.57. The number of nitrogens with zero attached hydrogens (tertiary/aromatic N) is 4. The van der Waals surface area contributed by atoms with Gasteiger partial charge in [0, 0.05) is 30.8 Å². The first-order valence-electron chi connectivity index (χ1n) is 10.00. The lowest BCUT2D eigenvalue weighted by molar-refractivity contribution is 0.189. The minimum atomic E-state index is -0.133. The van der Waals surface area contributed by atoms with E-state index in [0.717, 1.165) is 29.7 Å². The number of rotatable bonds is 5. The van der Waals surface area contributed by atoms with E-state index in [0.29, 0.717) is 24.8 Å². The number of amides is 2. The first kappa shape index (κ1) is 19.1. The molecule has 1 saturated heterocycles. The van der Waals surface area contributed by atoms with Crippen LogP contribution >= 0.6 is 0 Å². The Kier molecular flexibility index (Phi) is 5.55. The van der Waals surface area contributed by atoms with Crippen molar-refractivity contribution in [2.75, 3.05) is 6.54 Å². The van der Waals surface area contributed by atoms with Crippen molar-refractivity contribution in [3.8, 4) is 11.3 Å². The summed E-state index contributed by atoms with van der Waals surface area (Å²) in [5.74, 6) is 1.38. The number of hydrogen-bond acceptors (Lipinski definition) is 5. The molecule has 29 heavy (non-hydrogen) atoms. The summed E-state index contributed by atoms with van der Waals surface area (Å²) in [7, 11) is 0. The molecule has 1 aromatic carbocycles. The highest BCUT2D eigenvalue weighted by Crippen LogP contribution is 2.31. The summed E-state index contributed by atoms with van der Waals surface area (Å²) >= 11 is 0. The zero-order valence-electron chi connectivity index (χ0n) is 16.7. The molecule has 0 saturated carbocycles. The second-order valence-electron chi connectivity index (χ2n) is 7.57. The van der Waals surface area contributed by atoms with Gasteiger partial charge in [0.2, 0.25) is 5.89 Å². The van der Waals surface area contributed by atoms with Crippen LogP contribution in [0, 0.1) is 0 Å². The van der Waals surface area contributed by atoms with E-state index in [1.54, 1.807) is 11.1 Å². The first-order chi connectivity index (χ1) is 14.1. The molecule has 0 bridgehead atoms. The minimum Gasteiger partial charge on any atom is -0.339 e. The average Bonchev–Trinajstić information content (AvgIpc) is 3.42. The van der Waals surface area contributed by atoms with Crippen LogP contribution < -0.4 is 5.32 Å². The smallest absolute Gasteiger partial charge is 0.318 e. The summed E-state index contributed by atoms with van der Waals surface area (Å²) < 4.78 is 5.33. The minimum absolute atomic E-state index is 0.105. The molecule has 4 rings (SSSR count). The lowest BCUT2D eigenvalue weighted by Gasteiger charge is -2.22. The molecule has 150 valence electrons. The molecule has 1 aliphatic rings. The predicted octanol–water partition coefficient (Wildman–Crippen LogP) is 4.30. The van der Waals surface area contributed by atoms with E-state index in [4.69, 9.17) is 4.52 Å². The second kappa shape index (κ2) is 8.43. The number of carbonyl (C=O) groups excluding carboxylic acids is 1. The Labute approximate surface area is 170 Å². The summed E-state index contributed by atoms with van der Waals surface area (Å²) in [4.78, 5) is 23.5. The number of pyridine rings is 1. The van der Waals surface area contributed by atoms with Crippen LogP contribution in [0.2, 0.25) is 0 Å². The lowest BCUT2D eigenvalue weighted by Crippen LogP contribution is -2.39. The molecule has 7 nitrogen and oxygen atoms in total. The number of urea groups is 1. The highest BCUT2D eigenvalue weighted by Gasteiger charge is 2.33. The monoisotopic (exact) mass is 391 g/mol. The average molecular weight is 391 g/mol. The van der Waals surface area contributed by atoms with Crippen LogP contribution in [0.5, 0.6) is 0 Å². The standard InChI is InChI=1S/C22H25N5O2/c1-15(2)21-25-20(26-29-21)19-10-6-12-27(19)22(28)24-14-16-7-5-8-17(13-16)18-9-3-4-11-23-18/h3-5,7-9,11,13,15,19H,6,10,12,14H2,1-2H3,(H,24,28). The molecule has 1 aliphatic heterocycles. The number of carbonyl (C=O) groups is 1. The number of aromatic nitrogens is 3. The van der Waals surface area contributed by atoms with Crippen molar-refractivity contribution in [1.82, 2.24) is 25.3 Å². The topological polar surface area (TPSA) is 84.2 Å². The summed E-state index contributed by atoms with van der Waals surface area (Å²) in [6, 6.07) is 13.7. The van der Waals surface area contributed by atoms with Gasteiger partial charge in [-0.2, -0.15) is 4.98 Å². The maximum atomic E-state index is 12.8. The summed E-state index contributed by atoms with van der Waals surface area (Å²) in [5.41, 5.74) is 2.97. The molecule has 1 fully saturated rings. The first-order valence-corrected chi connectivity index (χ1v) is 10.00. The largest absolute Gasteiger partial charge is 0.339 e. The molecule has 0 spiro atoms. The Hall–Kier alpha value is -3.22. The highest BCUT2D eigenvalue weighted by atomic mass is 16.5. The molecule has 1 N–H and O–H groups in total. The van der Waals surface area contributed by atoms with Gasteiger partial charge in [-0.15, -0.1) is 0 Å². The maximum Gasteiger partial charge on any atom is 0.318 e. The van der Waals surface area contributed by atoms with E-state index in [2.05, 4.69) is 26.5 Å². The van der Waals surface area contributed by atoms with E-state index in [1.165, 1.54) is 0 Å². The third kappa shape index (κ3) is 4.29. The van der Waals surface area contributed by atoms with Gasteiger partial charge in [-0.1, -0.05) is 43.3 Å². The zero-order chi connectivity index (χ0) is 20.2. The van der Waals surface area contributed by atoms with Crippen LogP contribution in [0.3, 0.4) is 0 Å². The Balaban J connectivity index is 1.41. The van der Waals surface area contributed by atoms with Gasteiger partial charge in [-0.3, -0.25) is 4.98 Å². The van der Waals surface area contributed by atoms with Crippen LogP contribution in [0.4, 0.5) is 4.79 Å². The third-order valence-corrected chi connectivity index (χ3v) is 5.09. The molecule has 0 radical (unpaired) electrons. The van der Waals surface area contributed by atoms with Crippen molar-refractivity contribution in [1.29, 1.82) is 0 Å². The summed E-state index contributed by atoms with van der Waals surface area (Å²) in [6.45, 7) is 5.16. The van der Waals surface area contributed by atoms with Crippen molar-refractivity contribution < 1.29 is 9.32 Å². The zero-order valence-corrected chi connectivity index (χ0v) is 16.7. The fraction of sp³-hybridized carbons (Fsp3) is 0.364.